The van der Waals surface area contributed by atoms with Gasteiger partial charge in [-0.2, -0.15) is 0 Å². The molecule has 3 N–H and O–H groups in total. The van der Waals surface area contributed by atoms with Crippen molar-refractivity contribution in [2.75, 3.05) is 12.3 Å². The molecule has 0 saturated heterocycles. The van der Waals surface area contributed by atoms with E-state index in [0.29, 0.717) is 20.6 Å². The maximum absolute atomic E-state index is 11.9. The molecule has 0 bridgehead atoms. The quantitative estimate of drug-likeness (QED) is 0.605. The first-order valence-corrected chi connectivity index (χ1v) is 7.93. The number of ether oxygens (including phenoxy) is 1. The topological polar surface area (TPSA) is 81.4 Å². The van der Waals surface area contributed by atoms with Crippen LogP contribution < -0.4 is 11.1 Å². The zero-order valence-corrected chi connectivity index (χ0v) is 14.6. The Morgan fingerprint density at radius 1 is 1.04 bits per heavy atom. The maximum atomic E-state index is 11.9. The number of rotatable bonds is 5. The highest BCUT2D eigenvalue weighted by molar-refractivity contribution is 6.35. The Hall–Kier alpha value is -1.95. The minimum absolute atomic E-state index is 0.146. The fourth-order valence-corrected chi connectivity index (χ4v) is 2.49. The molecule has 0 spiro atoms. The van der Waals surface area contributed by atoms with Crippen LogP contribution in [0.5, 0.6) is 0 Å². The van der Waals surface area contributed by atoms with Crippen LogP contribution in [-0.2, 0) is 16.1 Å². The molecular formula is C16H13Cl3N2O3. The van der Waals surface area contributed by atoms with Gasteiger partial charge in [0, 0.05) is 27.3 Å². The van der Waals surface area contributed by atoms with E-state index in [1.165, 1.54) is 18.2 Å². The lowest BCUT2D eigenvalue weighted by Crippen LogP contribution is -2.28. The number of hydrogen-bond acceptors (Lipinski definition) is 4. The average Bonchev–Trinajstić information content (AvgIpc) is 2.51. The van der Waals surface area contributed by atoms with E-state index >= 15 is 0 Å². The van der Waals surface area contributed by atoms with Gasteiger partial charge >= 0.3 is 5.97 Å². The van der Waals surface area contributed by atoms with Gasteiger partial charge in [-0.25, -0.2) is 4.79 Å². The summed E-state index contributed by atoms with van der Waals surface area (Å²) in [6.07, 6.45) is 0. The van der Waals surface area contributed by atoms with Crippen molar-refractivity contribution in [1.29, 1.82) is 0 Å². The van der Waals surface area contributed by atoms with Crippen molar-refractivity contribution in [3.8, 4) is 0 Å². The van der Waals surface area contributed by atoms with Crippen molar-refractivity contribution < 1.29 is 14.3 Å². The molecule has 2 rings (SSSR count). The van der Waals surface area contributed by atoms with Crippen molar-refractivity contribution >= 4 is 52.4 Å². The second kappa shape index (κ2) is 8.24. The smallest absolute Gasteiger partial charge is 0.340 e. The zero-order valence-electron chi connectivity index (χ0n) is 12.3. The van der Waals surface area contributed by atoms with E-state index in [-0.39, 0.29) is 17.8 Å². The molecule has 0 aliphatic carbocycles. The molecule has 0 aliphatic rings. The van der Waals surface area contributed by atoms with Crippen molar-refractivity contribution in [2.45, 2.75) is 6.54 Å². The van der Waals surface area contributed by atoms with Crippen molar-refractivity contribution in [2.24, 2.45) is 0 Å². The summed E-state index contributed by atoms with van der Waals surface area (Å²) in [4.78, 5) is 23.6. The number of carbonyl (C=O) groups is 2. The molecule has 126 valence electrons. The fraction of sp³-hybridized carbons (Fsp3) is 0.125. The second-order valence-electron chi connectivity index (χ2n) is 4.82. The summed E-state index contributed by atoms with van der Waals surface area (Å²) < 4.78 is 4.92. The molecule has 2 aromatic rings. The number of anilines is 1. The molecule has 0 aromatic heterocycles. The van der Waals surface area contributed by atoms with Gasteiger partial charge in [0.25, 0.3) is 5.91 Å². The zero-order chi connectivity index (χ0) is 17.7. The molecule has 0 atom stereocenters. The molecule has 24 heavy (non-hydrogen) atoms. The van der Waals surface area contributed by atoms with Crippen LogP contribution in [0, 0.1) is 0 Å². The largest absolute Gasteiger partial charge is 0.452 e. The first-order chi connectivity index (χ1) is 11.4. The fourth-order valence-electron chi connectivity index (χ4n) is 1.84. The summed E-state index contributed by atoms with van der Waals surface area (Å²) in [5, 5.41) is 3.94. The normalized spacial score (nSPS) is 10.3. The van der Waals surface area contributed by atoms with Crippen LogP contribution in [0.1, 0.15) is 15.9 Å². The van der Waals surface area contributed by atoms with E-state index in [4.69, 9.17) is 45.3 Å². The first kappa shape index (κ1) is 18.4. The predicted molar refractivity (Wildman–Crippen MR) is 94.5 cm³/mol. The van der Waals surface area contributed by atoms with Crippen LogP contribution >= 0.6 is 34.8 Å². The summed E-state index contributed by atoms with van der Waals surface area (Å²) in [6, 6.07) is 9.32. The van der Waals surface area contributed by atoms with Gasteiger partial charge in [-0.05, 0) is 35.9 Å². The molecule has 0 aliphatic heterocycles. The summed E-state index contributed by atoms with van der Waals surface area (Å²) in [6.45, 7) is -0.248. The van der Waals surface area contributed by atoms with Gasteiger partial charge in [0.2, 0.25) is 0 Å². The number of hydrogen-bond donors (Lipinski definition) is 2. The molecular weight excluding hydrogens is 375 g/mol. The Morgan fingerprint density at radius 3 is 2.38 bits per heavy atom. The van der Waals surface area contributed by atoms with Gasteiger partial charge < -0.3 is 15.8 Å². The summed E-state index contributed by atoms with van der Waals surface area (Å²) in [7, 11) is 0. The number of nitrogens with one attached hydrogen (secondary N) is 1. The Bertz CT molecular complexity index is 781. The minimum atomic E-state index is -0.705. The lowest BCUT2D eigenvalue weighted by atomic mass is 10.2. The van der Waals surface area contributed by atoms with Gasteiger partial charge in [-0.1, -0.05) is 40.9 Å². The highest BCUT2D eigenvalue weighted by Gasteiger charge is 2.13. The van der Waals surface area contributed by atoms with Crippen molar-refractivity contribution in [1.82, 2.24) is 5.32 Å². The molecule has 0 fully saturated rings. The Labute approximate surface area is 153 Å². The average molecular weight is 388 g/mol. The van der Waals surface area contributed by atoms with Gasteiger partial charge in [-0.3, -0.25) is 4.79 Å². The van der Waals surface area contributed by atoms with Gasteiger partial charge in [-0.15, -0.1) is 0 Å². The minimum Gasteiger partial charge on any atom is -0.452 e. The van der Waals surface area contributed by atoms with E-state index in [0.717, 1.165) is 0 Å². The highest BCUT2D eigenvalue weighted by Crippen LogP contribution is 2.21. The van der Waals surface area contributed by atoms with E-state index in [2.05, 4.69) is 5.32 Å². The summed E-state index contributed by atoms with van der Waals surface area (Å²) >= 11 is 17.6. The monoisotopic (exact) mass is 386 g/mol. The first-order valence-electron chi connectivity index (χ1n) is 6.79. The molecule has 0 saturated carbocycles. The number of nitrogens with two attached hydrogens (primary N) is 1. The number of halogens is 3. The van der Waals surface area contributed by atoms with Gasteiger partial charge in [0.1, 0.15) is 0 Å². The number of amides is 1. The Balaban J connectivity index is 1.85. The van der Waals surface area contributed by atoms with E-state index in [1.54, 1.807) is 18.2 Å². The van der Waals surface area contributed by atoms with Crippen LogP contribution in [0.25, 0.3) is 0 Å². The van der Waals surface area contributed by atoms with Crippen molar-refractivity contribution in [3.05, 3.63) is 62.6 Å². The lowest BCUT2D eigenvalue weighted by molar-refractivity contribution is -0.124. The SMILES string of the molecule is Nc1cc(Cl)ccc1C(=O)OCC(=O)NCc1ccc(Cl)cc1Cl. The van der Waals surface area contributed by atoms with E-state index in [1.807, 2.05) is 0 Å². The third-order valence-electron chi connectivity index (χ3n) is 3.06. The van der Waals surface area contributed by atoms with Crippen LogP contribution in [0.2, 0.25) is 15.1 Å². The molecule has 1 amide bonds. The third-order valence-corrected chi connectivity index (χ3v) is 3.88. The highest BCUT2D eigenvalue weighted by atomic mass is 35.5. The Kier molecular flexibility index (Phi) is 6.31. The van der Waals surface area contributed by atoms with Gasteiger partial charge in [0.05, 0.1) is 5.56 Å². The predicted octanol–water partition coefficient (Wildman–Crippen LogP) is 3.70. The maximum Gasteiger partial charge on any atom is 0.340 e. The number of esters is 1. The number of benzene rings is 2. The third kappa shape index (κ3) is 5.03. The number of nitrogen functional groups attached to an aromatic ring is 1. The summed E-state index contributed by atoms with van der Waals surface area (Å²) in [5.74, 6) is -1.18. The molecule has 0 heterocycles. The van der Waals surface area contributed by atoms with Crippen LogP contribution in [0.15, 0.2) is 36.4 Å². The summed E-state index contributed by atoms with van der Waals surface area (Å²) in [5.41, 5.74) is 6.71. The molecule has 5 nitrogen and oxygen atoms in total. The number of carbonyl (C=O) groups excluding carboxylic acids is 2. The Morgan fingerprint density at radius 2 is 1.71 bits per heavy atom. The van der Waals surface area contributed by atoms with Crippen LogP contribution in [0.4, 0.5) is 5.69 Å². The standard InChI is InChI=1S/C16H13Cl3N2O3/c17-10-2-1-9(13(19)5-10)7-21-15(22)8-24-16(23)12-4-3-11(18)6-14(12)20/h1-6H,7-8,20H2,(H,21,22). The molecule has 8 heteroatoms. The molecule has 0 unspecified atom stereocenters. The van der Waals surface area contributed by atoms with E-state index in [9.17, 15) is 9.59 Å². The molecule has 0 radical (unpaired) electrons. The van der Waals surface area contributed by atoms with Crippen LogP contribution in [0.3, 0.4) is 0 Å². The van der Waals surface area contributed by atoms with E-state index < -0.39 is 18.5 Å². The lowest BCUT2D eigenvalue weighted by Gasteiger charge is -2.09. The van der Waals surface area contributed by atoms with Crippen molar-refractivity contribution in [3.63, 3.8) is 0 Å². The van der Waals surface area contributed by atoms with Crippen LogP contribution in [-0.4, -0.2) is 18.5 Å². The molecule has 2 aromatic carbocycles. The van der Waals surface area contributed by atoms with Gasteiger partial charge in [0.15, 0.2) is 6.61 Å². The second-order valence-corrected chi connectivity index (χ2v) is 6.10.